The Morgan fingerprint density at radius 3 is 2.50 bits per heavy atom. The molecule has 1 atom stereocenters. The molecule has 1 fully saturated rings. The second-order valence-electron chi connectivity index (χ2n) is 5.02. The van der Waals surface area contributed by atoms with Gasteiger partial charge in [-0.1, -0.05) is 30.3 Å². The van der Waals surface area contributed by atoms with Gasteiger partial charge in [-0.05, 0) is 19.4 Å². The minimum Gasteiger partial charge on any atom is -0.280 e. The predicted octanol–water partition coefficient (Wildman–Crippen LogP) is 2.07. The molecule has 1 aromatic heterocycles. The molecule has 3 rings (SSSR count). The maximum Gasteiger partial charge on any atom is 0.241 e. The average Bonchev–Trinajstić information content (AvgIpc) is 2.92. The molecule has 2 amide bonds. The summed E-state index contributed by atoms with van der Waals surface area (Å²) < 4.78 is 0. The highest BCUT2D eigenvalue weighted by Crippen LogP contribution is 2.35. The lowest BCUT2D eigenvalue weighted by atomic mass is 9.98. The summed E-state index contributed by atoms with van der Waals surface area (Å²) in [6, 6.07) is 9.42. The minimum absolute atomic E-state index is 0.170. The van der Waals surface area contributed by atoms with Gasteiger partial charge in [0.25, 0.3) is 0 Å². The van der Waals surface area contributed by atoms with Crippen molar-refractivity contribution in [2.75, 3.05) is 4.90 Å². The lowest BCUT2D eigenvalue weighted by molar-refractivity contribution is -0.121. The summed E-state index contributed by atoms with van der Waals surface area (Å²) in [4.78, 5) is 26.1. The minimum atomic E-state index is -0.391. The van der Waals surface area contributed by atoms with Crippen LogP contribution in [0.15, 0.2) is 30.3 Å². The molecule has 0 aliphatic carbocycles. The highest BCUT2D eigenvalue weighted by atomic mass is 16.2. The Labute approximate surface area is 116 Å². The van der Waals surface area contributed by atoms with Gasteiger partial charge in [0.05, 0.1) is 23.0 Å². The molecule has 5 nitrogen and oxygen atoms in total. The van der Waals surface area contributed by atoms with Crippen molar-refractivity contribution in [3.63, 3.8) is 0 Å². The van der Waals surface area contributed by atoms with E-state index in [2.05, 4.69) is 10.2 Å². The standard InChI is InChI=1S/C15H15N3O2/c1-9-14(10(2)17-16-9)18-13(19)8-12(15(18)20)11-6-4-3-5-7-11/h3-7,12H,8H2,1-2H3,(H,16,17). The molecule has 0 saturated carbocycles. The molecule has 1 saturated heterocycles. The van der Waals surface area contributed by atoms with Crippen molar-refractivity contribution in [3.05, 3.63) is 47.3 Å². The highest BCUT2D eigenvalue weighted by molar-refractivity contribution is 6.23. The molecule has 0 spiro atoms. The number of aromatic nitrogens is 2. The van der Waals surface area contributed by atoms with Crippen LogP contribution in [0, 0.1) is 13.8 Å². The van der Waals surface area contributed by atoms with Gasteiger partial charge < -0.3 is 0 Å². The van der Waals surface area contributed by atoms with E-state index in [0.717, 1.165) is 11.3 Å². The third-order valence-corrected chi connectivity index (χ3v) is 3.66. The zero-order valence-corrected chi connectivity index (χ0v) is 11.4. The number of amides is 2. The van der Waals surface area contributed by atoms with E-state index in [1.165, 1.54) is 4.90 Å². The first kappa shape index (κ1) is 12.6. The van der Waals surface area contributed by atoms with Gasteiger partial charge in [-0.2, -0.15) is 5.10 Å². The van der Waals surface area contributed by atoms with E-state index in [9.17, 15) is 9.59 Å². The van der Waals surface area contributed by atoms with E-state index in [4.69, 9.17) is 0 Å². The van der Waals surface area contributed by atoms with Gasteiger partial charge in [-0.15, -0.1) is 0 Å². The number of rotatable bonds is 2. The summed E-state index contributed by atoms with van der Waals surface area (Å²) in [5.41, 5.74) is 2.88. The number of hydrogen-bond donors (Lipinski definition) is 1. The van der Waals surface area contributed by atoms with Crippen molar-refractivity contribution in [2.45, 2.75) is 26.2 Å². The molecular weight excluding hydrogens is 254 g/mol. The molecule has 0 bridgehead atoms. The second kappa shape index (κ2) is 4.59. The van der Waals surface area contributed by atoms with Crippen molar-refractivity contribution in [3.8, 4) is 0 Å². The van der Waals surface area contributed by atoms with Gasteiger partial charge >= 0.3 is 0 Å². The van der Waals surface area contributed by atoms with E-state index in [0.29, 0.717) is 11.4 Å². The van der Waals surface area contributed by atoms with Crippen LogP contribution in [0.3, 0.4) is 0 Å². The fraction of sp³-hybridized carbons (Fsp3) is 0.267. The summed E-state index contributed by atoms with van der Waals surface area (Å²) in [6.07, 6.45) is 0.215. The number of nitrogens with zero attached hydrogens (tertiary/aromatic N) is 2. The molecule has 1 aliphatic rings. The number of nitrogens with one attached hydrogen (secondary N) is 1. The largest absolute Gasteiger partial charge is 0.280 e. The van der Waals surface area contributed by atoms with Crippen molar-refractivity contribution < 1.29 is 9.59 Å². The summed E-state index contributed by atoms with van der Waals surface area (Å²) in [5, 5.41) is 6.87. The molecule has 0 radical (unpaired) electrons. The Kier molecular flexibility index (Phi) is 2.89. The number of H-pyrrole nitrogens is 1. The Bertz CT molecular complexity index is 656. The van der Waals surface area contributed by atoms with Crippen molar-refractivity contribution in [1.82, 2.24) is 10.2 Å². The summed E-state index contributed by atoms with van der Waals surface area (Å²) in [7, 11) is 0. The van der Waals surface area contributed by atoms with E-state index in [-0.39, 0.29) is 18.2 Å². The first-order chi connectivity index (χ1) is 9.59. The lowest BCUT2D eigenvalue weighted by Crippen LogP contribution is -2.30. The van der Waals surface area contributed by atoms with Gasteiger partial charge in [0.15, 0.2) is 0 Å². The third kappa shape index (κ3) is 1.82. The number of benzene rings is 1. The van der Waals surface area contributed by atoms with E-state index in [1.807, 2.05) is 37.3 Å². The number of anilines is 1. The molecule has 2 heterocycles. The van der Waals surface area contributed by atoms with Crippen LogP contribution in [0.25, 0.3) is 0 Å². The van der Waals surface area contributed by atoms with Crippen LogP contribution in [0.1, 0.15) is 29.3 Å². The Morgan fingerprint density at radius 1 is 1.20 bits per heavy atom. The van der Waals surface area contributed by atoms with Gasteiger partial charge in [0.1, 0.15) is 0 Å². The number of hydrogen-bond acceptors (Lipinski definition) is 3. The first-order valence-electron chi connectivity index (χ1n) is 6.53. The fourth-order valence-corrected chi connectivity index (χ4v) is 2.69. The topological polar surface area (TPSA) is 66.1 Å². The monoisotopic (exact) mass is 269 g/mol. The average molecular weight is 269 g/mol. The van der Waals surface area contributed by atoms with Crippen LogP contribution >= 0.6 is 0 Å². The molecule has 1 unspecified atom stereocenters. The smallest absolute Gasteiger partial charge is 0.241 e. The van der Waals surface area contributed by atoms with Gasteiger partial charge in [0, 0.05) is 6.42 Å². The van der Waals surface area contributed by atoms with Crippen molar-refractivity contribution in [1.29, 1.82) is 0 Å². The predicted molar refractivity (Wildman–Crippen MR) is 74.4 cm³/mol. The van der Waals surface area contributed by atoms with Crippen LogP contribution in [0.4, 0.5) is 5.69 Å². The van der Waals surface area contributed by atoms with E-state index in [1.54, 1.807) is 6.92 Å². The molecule has 102 valence electrons. The number of imide groups is 1. The third-order valence-electron chi connectivity index (χ3n) is 3.66. The number of carbonyl (C=O) groups is 2. The van der Waals surface area contributed by atoms with E-state index < -0.39 is 5.92 Å². The van der Waals surface area contributed by atoms with Crippen LogP contribution in [-0.2, 0) is 9.59 Å². The van der Waals surface area contributed by atoms with Gasteiger partial charge in [-0.25, -0.2) is 4.90 Å². The van der Waals surface area contributed by atoms with Gasteiger partial charge in [0.2, 0.25) is 11.8 Å². The molecule has 5 heteroatoms. The van der Waals surface area contributed by atoms with Crippen LogP contribution in [-0.4, -0.2) is 22.0 Å². The van der Waals surface area contributed by atoms with Crippen LogP contribution in [0.5, 0.6) is 0 Å². The number of carbonyl (C=O) groups excluding carboxylic acids is 2. The Balaban J connectivity index is 2.00. The Morgan fingerprint density at radius 2 is 1.90 bits per heavy atom. The quantitative estimate of drug-likeness (QED) is 0.849. The summed E-state index contributed by atoms with van der Waals surface area (Å²) in [6.45, 7) is 3.60. The zero-order chi connectivity index (χ0) is 14.3. The number of aromatic amines is 1. The number of aryl methyl sites for hydroxylation is 2. The van der Waals surface area contributed by atoms with E-state index >= 15 is 0 Å². The molecule has 1 aliphatic heterocycles. The summed E-state index contributed by atoms with van der Waals surface area (Å²) >= 11 is 0. The van der Waals surface area contributed by atoms with Crippen LogP contribution in [0.2, 0.25) is 0 Å². The van der Waals surface area contributed by atoms with Crippen LogP contribution < -0.4 is 4.90 Å². The van der Waals surface area contributed by atoms with Gasteiger partial charge in [-0.3, -0.25) is 14.7 Å². The highest BCUT2D eigenvalue weighted by Gasteiger charge is 2.41. The molecule has 1 N–H and O–H groups in total. The van der Waals surface area contributed by atoms with Crippen molar-refractivity contribution in [2.24, 2.45) is 0 Å². The maximum absolute atomic E-state index is 12.6. The molecule has 1 aromatic carbocycles. The lowest BCUT2D eigenvalue weighted by Gasteiger charge is -2.15. The van der Waals surface area contributed by atoms with Crippen molar-refractivity contribution >= 4 is 17.5 Å². The molecule has 20 heavy (non-hydrogen) atoms. The molecule has 2 aromatic rings. The maximum atomic E-state index is 12.6. The zero-order valence-electron chi connectivity index (χ0n) is 11.4. The SMILES string of the molecule is Cc1n[nH]c(C)c1N1C(=O)CC(c2ccccc2)C1=O. The Hall–Kier alpha value is -2.43. The normalized spacial score (nSPS) is 18.9. The second-order valence-corrected chi connectivity index (χ2v) is 5.02. The molecular formula is C15H15N3O2. The summed E-state index contributed by atoms with van der Waals surface area (Å²) in [5.74, 6) is -0.734. The first-order valence-corrected chi connectivity index (χ1v) is 6.53. The fourth-order valence-electron chi connectivity index (χ4n) is 2.69.